The smallest absolute Gasteiger partial charge is 0.419 e. The Kier molecular flexibility index (Phi) is 4.73. The molecule has 26 heavy (non-hydrogen) atoms. The number of rotatable bonds is 2. The van der Waals surface area contributed by atoms with Crippen LogP contribution in [0.5, 0.6) is 0 Å². The third-order valence-electron chi connectivity index (χ3n) is 4.47. The summed E-state index contributed by atoms with van der Waals surface area (Å²) in [6.45, 7) is 7.37. The van der Waals surface area contributed by atoms with Gasteiger partial charge in [-0.25, -0.2) is 4.79 Å². The van der Waals surface area contributed by atoms with E-state index < -0.39 is 11.7 Å². The third-order valence-corrected chi connectivity index (χ3v) is 5.13. The molecule has 0 saturated heterocycles. The monoisotopic (exact) mass is 418 g/mol. The summed E-state index contributed by atoms with van der Waals surface area (Å²) in [6, 6.07) is 5.73. The molecule has 0 radical (unpaired) electrons. The second-order valence-corrected chi connectivity index (χ2v) is 8.53. The van der Waals surface area contributed by atoms with Gasteiger partial charge in [-0.05, 0) is 51.8 Å². The number of aromatic nitrogens is 1. The molecule has 5 nitrogen and oxygen atoms in total. The molecule has 1 amide bonds. The first-order valence-electron chi connectivity index (χ1n) is 8.56. The number of fused-ring (bicyclic) bond motifs is 1. The minimum absolute atomic E-state index is 0.0210. The highest BCUT2D eigenvalue weighted by Gasteiger charge is 2.29. The number of amides is 1. The normalized spacial score (nSPS) is 17.8. The number of carbonyl (C=O) groups excluding carboxylic acids is 2. The Hall–Kier alpha value is -2.08. The lowest BCUT2D eigenvalue weighted by molar-refractivity contribution is -0.125. The van der Waals surface area contributed by atoms with Crippen LogP contribution in [-0.4, -0.2) is 40.2 Å². The van der Waals surface area contributed by atoms with Crippen LogP contribution in [0.1, 0.15) is 33.3 Å². The van der Waals surface area contributed by atoms with Crippen LogP contribution >= 0.6 is 15.9 Å². The number of ether oxygens (including phenoxy) is 1. The minimum atomic E-state index is -0.572. The van der Waals surface area contributed by atoms with Crippen LogP contribution in [0.25, 0.3) is 10.9 Å². The van der Waals surface area contributed by atoms with Crippen LogP contribution in [-0.2, 0) is 16.0 Å². The van der Waals surface area contributed by atoms with Crippen molar-refractivity contribution in [1.29, 1.82) is 0 Å². The van der Waals surface area contributed by atoms with E-state index in [0.29, 0.717) is 6.42 Å². The van der Waals surface area contributed by atoms with E-state index in [1.807, 2.05) is 65.2 Å². The number of hydrogen-bond acceptors (Lipinski definition) is 3. The van der Waals surface area contributed by atoms with Gasteiger partial charge in [0.25, 0.3) is 0 Å². The highest BCUT2D eigenvalue weighted by Crippen LogP contribution is 2.32. The highest BCUT2D eigenvalue weighted by atomic mass is 79.9. The van der Waals surface area contributed by atoms with E-state index >= 15 is 0 Å². The second kappa shape index (κ2) is 6.58. The first-order chi connectivity index (χ1) is 12.1. The topological polar surface area (TPSA) is 51.5 Å². The zero-order valence-corrected chi connectivity index (χ0v) is 17.3. The first kappa shape index (κ1) is 18.7. The summed E-state index contributed by atoms with van der Waals surface area (Å²) in [4.78, 5) is 26.5. The third kappa shape index (κ3) is 3.43. The van der Waals surface area contributed by atoms with E-state index in [4.69, 9.17) is 4.74 Å². The molecule has 0 spiro atoms. The van der Waals surface area contributed by atoms with Crippen molar-refractivity contribution in [2.45, 2.75) is 45.8 Å². The largest absolute Gasteiger partial charge is 0.443 e. The SMILES string of the molecule is CC1=CC(Cc2cn(C(=O)OC(C)(C)C)c3cccc(Br)c23)N(C)C1=O. The number of halogens is 1. The van der Waals surface area contributed by atoms with Crippen LogP contribution in [0.2, 0.25) is 0 Å². The van der Waals surface area contributed by atoms with Gasteiger partial charge in [0.05, 0.1) is 11.6 Å². The zero-order valence-electron chi connectivity index (χ0n) is 15.7. The van der Waals surface area contributed by atoms with Gasteiger partial charge in [-0.1, -0.05) is 28.1 Å². The number of nitrogens with zero attached hydrogens (tertiary/aromatic N) is 2. The molecular weight excluding hydrogens is 396 g/mol. The summed E-state index contributed by atoms with van der Waals surface area (Å²) in [7, 11) is 1.81. The van der Waals surface area contributed by atoms with Crippen LogP contribution in [0.4, 0.5) is 4.79 Å². The molecule has 0 N–H and O–H groups in total. The first-order valence-corrected chi connectivity index (χ1v) is 9.35. The molecule has 1 aromatic carbocycles. The predicted octanol–water partition coefficient (Wildman–Crippen LogP) is 4.52. The lowest BCUT2D eigenvalue weighted by Gasteiger charge is -2.20. The van der Waals surface area contributed by atoms with Gasteiger partial charge in [-0.2, -0.15) is 0 Å². The Balaban J connectivity index is 2.04. The molecule has 2 aromatic rings. The molecule has 1 atom stereocenters. The van der Waals surface area contributed by atoms with Crippen LogP contribution in [0.3, 0.4) is 0 Å². The van der Waals surface area contributed by atoms with Crippen molar-refractivity contribution >= 4 is 38.8 Å². The van der Waals surface area contributed by atoms with Crippen molar-refractivity contribution in [2.75, 3.05) is 7.05 Å². The molecule has 6 heteroatoms. The standard InChI is InChI=1S/C20H23BrN2O3/c1-12-9-14(22(5)18(12)24)10-13-11-23(19(25)26-20(2,3)4)16-8-6-7-15(21)17(13)16/h6-9,11,14H,10H2,1-5H3. The van der Waals surface area contributed by atoms with Crippen LogP contribution in [0.15, 0.2) is 40.5 Å². The summed E-state index contributed by atoms with van der Waals surface area (Å²) >= 11 is 3.60. The average Bonchev–Trinajstić information content (AvgIpc) is 3.01. The molecule has 3 rings (SSSR count). The molecule has 1 aliphatic heterocycles. The fourth-order valence-electron chi connectivity index (χ4n) is 3.26. The van der Waals surface area contributed by atoms with Gasteiger partial charge in [0, 0.05) is 28.7 Å². The zero-order chi connectivity index (χ0) is 19.2. The molecule has 0 aliphatic carbocycles. The molecule has 1 aliphatic rings. The fourth-order valence-corrected chi connectivity index (χ4v) is 3.87. The molecule has 1 aromatic heterocycles. The Labute approximate surface area is 161 Å². The van der Waals surface area contributed by atoms with Gasteiger partial charge >= 0.3 is 6.09 Å². The lowest BCUT2D eigenvalue weighted by Crippen LogP contribution is -2.31. The molecule has 0 saturated carbocycles. The van der Waals surface area contributed by atoms with Crippen LogP contribution in [0, 0.1) is 0 Å². The van der Waals surface area contributed by atoms with Gasteiger partial charge in [0.15, 0.2) is 0 Å². The number of benzene rings is 1. The Morgan fingerprint density at radius 2 is 2.00 bits per heavy atom. The molecule has 1 unspecified atom stereocenters. The number of carbonyl (C=O) groups is 2. The van der Waals surface area contributed by atoms with Gasteiger partial charge in [-0.15, -0.1) is 0 Å². The summed E-state index contributed by atoms with van der Waals surface area (Å²) in [5.74, 6) is 0.0462. The van der Waals surface area contributed by atoms with Crippen molar-refractivity contribution < 1.29 is 14.3 Å². The van der Waals surface area contributed by atoms with Crippen molar-refractivity contribution in [3.05, 3.63) is 46.1 Å². The lowest BCUT2D eigenvalue weighted by atomic mass is 10.0. The Bertz CT molecular complexity index is 921. The Morgan fingerprint density at radius 3 is 2.58 bits per heavy atom. The van der Waals surface area contributed by atoms with Crippen molar-refractivity contribution in [1.82, 2.24) is 9.47 Å². The maximum Gasteiger partial charge on any atom is 0.419 e. The summed E-state index contributed by atoms with van der Waals surface area (Å²) in [6.07, 6.45) is 4.03. The summed E-state index contributed by atoms with van der Waals surface area (Å²) in [5, 5.41) is 0.970. The van der Waals surface area contributed by atoms with Gasteiger partial charge in [-0.3, -0.25) is 9.36 Å². The second-order valence-electron chi connectivity index (χ2n) is 7.68. The minimum Gasteiger partial charge on any atom is -0.443 e. The van der Waals surface area contributed by atoms with Crippen molar-refractivity contribution in [3.63, 3.8) is 0 Å². The maximum absolute atomic E-state index is 12.7. The van der Waals surface area contributed by atoms with Gasteiger partial charge < -0.3 is 9.64 Å². The molecule has 138 valence electrons. The molecule has 0 bridgehead atoms. The Morgan fingerprint density at radius 1 is 1.31 bits per heavy atom. The predicted molar refractivity (Wildman–Crippen MR) is 105 cm³/mol. The molecule has 2 heterocycles. The van der Waals surface area contributed by atoms with Gasteiger partial charge in [0.2, 0.25) is 5.91 Å². The maximum atomic E-state index is 12.7. The summed E-state index contributed by atoms with van der Waals surface area (Å²) < 4.78 is 8.01. The van der Waals surface area contributed by atoms with Crippen molar-refractivity contribution in [3.8, 4) is 0 Å². The summed E-state index contributed by atoms with van der Waals surface area (Å²) in [5.41, 5.74) is 1.97. The fraction of sp³-hybridized carbons (Fsp3) is 0.400. The van der Waals surface area contributed by atoms with Gasteiger partial charge in [0.1, 0.15) is 5.60 Å². The highest BCUT2D eigenvalue weighted by molar-refractivity contribution is 9.10. The quantitative estimate of drug-likeness (QED) is 0.720. The average molecular weight is 419 g/mol. The van der Waals surface area contributed by atoms with Crippen LogP contribution < -0.4 is 0 Å². The van der Waals surface area contributed by atoms with E-state index in [0.717, 1.165) is 26.5 Å². The molecular formula is C20H23BrN2O3. The van der Waals surface area contributed by atoms with E-state index in [1.165, 1.54) is 0 Å². The van der Waals surface area contributed by atoms with E-state index in [1.54, 1.807) is 9.47 Å². The molecule has 0 fully saturated rings. The van der Waals surface area contributed by atoms with E-state index in [2.05, 4.69) is 15.9 Å². The number of likely N-dealkylation sites (N-methyl/N-ethyl adjacent to an activating group) is 1. The number of hydrogen-bond donors (Lipinski definition) is 0. The van der Waals surface area contributed by atoms with E-state index in [-0.39, 0.29) is 11.9 Å². The van der Waals surface area contributed by atoms with E-state index in [9.17, 15) is 9.59 Å². The van der Waals surface area contributed by atoms with Crippen molar-refractivity contribution in [2.24, 2.45) is 0 Å².